The molecular formula is C46H34Fe2O2P2+4. The van der Waals surface area contributed by atoms with Crippen molar-refractivity contribution in [3.8, 4) is 0 Å². The van der Waals surface area contributed by atoms with Gasteiger partial charge < -0.3 is 0 Å². The van der Waals surface area contributed by atoms with Crippen molar-refractivity contribution in [2.75, 3.05) is 0 Å². The van der Waals surface area contributed by atoms with Crippen LogP contribution in [-0.4, -0.2) is 11.6 Å². The molecule has 52 heavy (non-hydrogen) atoms. The van der Waals surface area contributed by atoms with Gasteiger partial charge in [0.25, 0.3) is 0 Å². The van der Waals surface area contributed by atoms with Crippen LogP contribution in [0.4, 0.5) is 0 Å². The zero-order valence-electron chi connectivity index (χ0n) is 28.0. The van der Waals surface area contributed by atoms with Gasteiger partial charge in [-0.2, -0.15) is 0 Å². The molecule has 0 N–H and O–H groups in total. The molecule has 8 rings (SSSR count). The van der Waals surface area contributed by atoms with Gasteiger partial charge in [0, 0.05) is 23.2 Å². The standard InChI is InChI=1S/2C23H17OP.2Fe/c2*24-23(18-10-7-8-11-18)21-16-9-17-22(21)25(19-12-3-1-4-13-19)20-14-5-2-6-15-20;;/h2*1-17H;;/q;;2*+2. The summed E-state index contributed by atoms with van der Waals surface area (Å²) >= 11 is 0. The van der Waals surface area contributed by atoms with Crippen LogP contribution in [0.2, 0.25) is 0 Å². The van der Waals surface area contributed by atoms with Gasteiger partial charge in [-0.25, -0.2) is 0 Å². The van der Waals surface area contributed by atoms with Crippen LogP contribution in [0.25, 0.3) is 0 Å². The van der Waals surface area contributed by atoms with E-state index < -0.39 is 15.8 Å². The third-order valence-electron chi connectivity index (χ3n) is 8.46. The van der Waals surface area contributed by atoms with Crippen LogP contribution in [-0.2, 0) is 43.7 Å². The van der Waals surface area contributed by atoms with Crippen molar-refractivity contribution in [1.82, 2.24) is 0 Å². The van der Waals surface area contributed by atoms with Gasteiger partial charge in [-0.05, 0) is 127 Å². The van der Waals surface area contributed by atoms with Crippen LogP contribution < -0.4 is 21.2 Å². The van der Waals surface area contributed by atoms with E-state index in [4.69, 9.17) is 0 Å². The topological polar surface area (TPSA) is 34.1 Å². The molecule has 0 atom stereocenters. The second kappa shape index (κ2) is 20.7. The van der Waals surface area contributed by atoms with E-state index >= 15 is 0 Å². The van der Waals surface area contributed by atoms with E-state index in [2.05, 4.69) is 110 Å². The molecule has 0 saturated heterocycles. The van der Waals surface area contributed by atoms with Gasteiger partial charge in [-0.3, -0.25) is 9.59 Å². The zero-order valence-corrected chi connectivity index (χ0v) is 32.0. The SMILES string of the molecule is O=C([C]1[CH][CH][CH][CH]1)[C]1[CH][CH][CH][C]1P(c1ccccc1)c1ccccc1.O=C([C]1[CH][CH][CH][CH]1)[C]1[CH][CH][CH][C]1P(c1ccccc1)c1ccccc1.[Fe+2].[Fe+2]. The maximum absolute atomic E-state index is 13.0. The maximum Gasteiger partial charge on any atom is 2.00 e. The third-order valence-corrected chi connectivity index (χ3v) is 13.5. The Balaban J connectivity index is 0.000000194. The Kier molecular flexibility index (Phi) is 16.4. The number of ketones is 2. The van der Waals surface area contributed by atoms with Crippen LogP contribution in [0.1, 0.15) is 0 Å². The summed E-state index contributed by atoms with van der Waals surface area (Å²) in [5.74, 6) is 3.33. The molecule has 0 spiro atoms. The Hall–Kier alpha value is -1.88. The summed E-state index contributed by atoms with van der Waals surface area (Å²) in [6, 6.07) is 41.9. The molecule has 0 heterocycles. The van der Waals surface area contributed by atoms with Crippen LogP contribution >= 0.6 is 15.8 Å². The van der Waals surface area contributed by atoms with Gasteiger partial charge in [0.05, 0.1) is 11.8 Å². The van der Waals surface area contributed by atoms with Crippen molar-refractivity contribution in [2.45, 2.75) is 0 Å². The molecule has 4 aliphatic rings. The van der Waals surface area contributed by atoms with E-state index in [0.29, 0.717) is 0 Å². The molecule has 4 saturated carbocycles. The number of carbonyl (C=O) groups is 2. The first-order valence-electron chi connectivity index (χ1n) is 16.5. The second-order valence-electron chi connectivity index (χ2n) is 11.7. The third kappa shape index (κ3) is 9.85. The van der Waals surface area contributed by atoms with Crippen LogP contribution in [0, 0.1) is 125 Å². The molecule has 4 aliphatic carbocycles. The monoisotopic (exact) mass is 792 g/mol. The molecule has 4 aromatic carbocycles. The number of hydrogen-bond acceptors (Lipinski definition) is 2. The molecule has 4 aromatic rings. The van der Waals surface area contributed by atoms with E-state index in [-0.39, 0.29) is 45.7 Å². The van der Waals surface area contributed by atoms with Crippen molar-refractivity contribution < 1.29 is 43.7 Å². The van der Waals surface area contributed by atoms with Crippen LogP contribution in [0.5, 0.6) is 0 Å². The van der Waals surface area contributed by atoms with E-state index in [1.165, 1.54) is 21.2 Å². The fraction of sp³-hybridized carbons (Fsp3) is 0. The van der Waals surface area contributed by atoms with Gasteiger partial charge in [-0.15, -0.1) is 0 Å². The summed E-state index contributed by atoms with van der Waals surface area (Å²) in [5.41, 5.74) is 2.25. The number of rotatable bonds is 10. The molecule has 0 amide bonds. The first-order chi connectivity index (χ1) is 24.7. The molecule has 4 fully saturated rings. The van der Waals surface area contributed by atoms with Crippen molar-refractivity contribution in [3.05, 3.63) is 246 Å². The molecule has 2 nitrogen and oxygen atoms in total. The Morgan fingerprint density at radius 2 is 0.596 bits per heavy atom. The first-order valence-corrected chi connectivity index (χ1v) is 19.2. The van der Waals surface area contributed by atoms with E-state index in [9.17, 15) is 9.59 Å². The maximum atomic E-state index is 13.0. The first kappa shape index (κ1) is 41.3. The molecule has 0 bridgehead atoms. The Labute approximate surface area is 336 Å². The predicted molar refractivity (Wildman–Crippen MR) is 208 cm³/mol. The van der Waals surface area contributed by atoms with Crippen molar-refractivity contribution >= 4 is 48.6 Å². The van der Waals surface area contributed by atoms with Gasteiger partial charge in [-0.1, -0.05) is 121 Å². The summed E-state index contributed by atoms with van der Waals surface area (Å²) in [4.78, 5) is 25.9. The van der Waals surface area contributed by atoms with E-state index in [0.717, 1.165) is 35.0 Å². The minimum atomic E-state index is -0.759. The van der Waals surface area contributed by atoms with Crippen LogP contribution in [0.3, 0.4) is 0 Å². The van der Waals surface area contributed by atoms with Gasteiger partial charge >= 0.3 is 34.1 Å². The minimum absolute atomic E-state index is 0. The minimum Gasteiger partial charge on any atom is -0.298 e. The van der Waals surface area contributed by atoms with E-state index in [1.54, 1.807) is 0 Å². The smallest absolute Gasteiger partial charge is 0.298 e. The summed E-state index contributed by atoms with van der Waals surface area (Å²) in [6.07, 6.45) is 27.2. The van der Waals surface area contributed by atoms with Gasteiger partial charge in [0.15, 0.2) is 0 Å². The van der Waals surface area contributed by atoms with Gasteiger partial charge in [0.1, 0.15) is 11.6 Å². The van der Waals surface area contributed by atoms with Crippen molar-refractivity contribution in [2.24, 2.45) is 0 Å². The summed E-state index contributed by atoms with van der Waals surface area (Å²) in [6.45, 7) is 0. The molecule has 0 aromatic heterocycles. The number of hydrogen-bond donors (Lipinski definition) is 0. The average Bonchev–Trinajstić information content (AvgIpc) is 4.02. The molecular weight excluding hydrogens is 758 g/mol. The molecule has 0 unspecified atom stereocenters. The Morgan fingerprint density at radius 1 is 0.327 bits per heavy atom. The van der Waals surface area contributed by atoms with Crippen molar-refractivity contribution in [1.29, 1.82) is 0 Å². The van der Waals surface area contributed by atoms with Crippen LogP contribution in [0.15, 0.2) is 121 Å². The fourth-order valence-corrected chi connectivity index (χ4v) is 11.0. The van der Waals surface area contributed by atoms with Crippen molar-refractivity contribution in [3.63, 3.8) is 0 Å². The number of Topliss-reactive ketones (excluding diaryl/α,β-unsaturated/α-hetero) is 2. The predicted octanol–water partition coefficient (Wildman–Crippen LogP) is 7.65. The zero-order chi connectivity index (χ0) is 34.1. The Bertz CT molecular complexity index is 1440. The number of carbonyl (C=O) groups excluding carboxylic acids is 2. The largest absolute Gasteiger partial charge is 2.00 e. The normalized spacial score (nSPS) is 19.0. The molecule has 20 radical (unpaired) electrons. The number of benzene rings is 4. The summed E-state index contributed by atoms with van der Waals surface area (Å²) < 4.78 is 0. The average molecular weight is 792 g/mol. The summed E-state index contributed by atoms with van der Waals surface area (Å²) in [5, 5.41) is 5.02. The molecule has 6 heteroatoms. The fourth-order valence-electron chi connectivity index (χ4n) is 6.12. The van der Waals surface area contributed by atoms with Gasteiger partial charge in [0.2, 0.25) is 0 Å². The molecule has 252 valence electrons. The van der Waals surface area contributed by atoms with E-state index in [1.807, 2.05) is 101 Å². The second-order valence-corrected chi connectivity index (χ2v) is 16.0. The quantitative estimate of drug-likeness (QED) is 0.122. The molecule has 0 aliphatic heterocycles. The summed E-state index contributed by atoms with van der Waals surface area (Å²) in [7, 11) is -1.52. The Morgan fingerprint density at radius 3 is 0.865 bits per heavy atom.